The van der Waals surface area contributed by atoms with E-state index in [2.05, 4.69) is 5.32 Å². The van der Waals surface area contributed by atoms with Crippen molar-refractivity contribution in [2.45, 2.75) is 13.8 Å². The van der Waals surface area contributed by atoms with Crippen molar-refractivity contribution >= 4 is 17.7 Å². The number of nitrogens with one attached hydrogen (secondary N) is 1. The molecule has 0 aliphatic carbocycles. The van der Waals surface area contributed by atoms with Gasteiger partial charge in [0.25, 0.3) is 0 Å². The molecule has 0 atom stereocenters. The van der Waals surface area contributed by atoms with Crippen LogP contribution in [0.3, 0.4) is 0 Å². The van der Waals surface area contributed by atoms with Gasteiger partial charge in [0, 0.05) is 11.8 Å². The van der Waals surface area contributed by atoms with E-state index in [1.54, 1.807) is 6.08 Å². The van der Waals surface area contributed by atoms with E-state index in [1.807, 2.05) is 68.5 Å². The van der Waals surface area contributed by atoms with Crippen LogP contribution < -0.4 is 5.32 Å². The third kappa shape index (κ3) is 4.11. The average Bonchev–Trinajstić information content (AvgIpc) is 2.41. The summed E-state index contributed by atoms with van der Waals surface area (Å²) in [7, 11) is 0. The molecule has 0 bridgehead atoms. The first-order valence-corrected chi connectivity index (χ1v) is 6.26. The zero-order valence-electron chi connectivity index (χ0n) is 11.2. The van der Waals surface area contributed by atoms with Crippen molar-refractivity contribution in [3.05, 3.63) is 71.3 Å². The Kier molecular flexibility index (Phi) is 4.14. The summed E-state index contributed by atoms with van der Waals surface area (Å²) < 4.78 is 0. The fourth-order valence-electron chi connectivity index (χ4n) is 1.67. The summed E-state index contributed by atoms with van der Waals surface area (Å²) in [6.07, 6.45) is 3.35. The quantitative estimate of drug-likeness (QED) is 0.822. The van der Waals surface area contributed by atoms with Crippen molar-refractivity contribution in [2.24, 2.45) is 0 Å². The lowest BCUT2D eigenvalue weighted by molar-refractivity contribution is -0.111. The maximum absolute atomic E-state index is 11.7. The minimum atomic E-state index is -0.121. The van der Waals surface area contributed by atoms with Gasteiger partial charge in [-0.25, -0.2) is 0 Å². The number of aryl methyl sites for hydroxylation is 2. The summed E-state index contributed by atoms with van der Waals surface area (Å²) in [5, 5.41) is 2.83. The van der Waals surface area contributed by atoms with E-state index in [1.165, 1.54) is 11.1 Å². The van der Waals surface area contributed by atoms with E-state index in [4.69, 9.17) is 0 Å². The molecule has 0 heterocycles. The number of anilines is 1. The zero-order chi connectivity index (χ0) is 13.7. The second kappa shape index (κ2) is 6.01. The minimum Gasteiger partial charge on any atom is -0.323 e. The molecule has 0 aromatic heterocycles. The normalized spacial score (nSPS) is 10.6. The highest BCUT2D eigenvalue weighted by atomic mass is 16.1. The molecular weight excluding hydrogens is 234 g/mol. The van der Waals surface area contributed by atoms with Crippen molar-refractivity contribution in [1.29, 1.82) is 0 Å². The van der Waals surface area contributed by atoms with Gasteiger partial charge in [-0.3, -0.25) is 4.79 Å². The molecule has 0 spiro atoms. The van der Waals surface area contributed by atoms with Crippen molar-refractivity contribution in [3.8, 4) is 0 Å². The predicted octanol–water partition coefficient (Wildman–Crippen LogP) is 3.96. The van der Waals surface area contributed by atoms with Crippen LogP contribution in [0.4, 0.5) is 5.69 Å². The van der Waals surface area contributed by atoms with Gasteiger partial charge in [0.05, 0.1) is 0 Å². The summed E-state index contributed by atoms with van der Waals surface area (Å²) >= 11 is 0. The highest BCUT2D eigenvalue weighted by molar-refractivity contribution is 6.01. The second-order valence-electron chi connectivity index (χ2n) is 4.60. The number of carbonyl (C=O) groups excluding carboxylic acids is 1. The highest BCUT2D eigenvalue weighted by Crippen LogP contribution is 2.09. The van der Waals surface area contributed by atoms with Crippen molar-refractivity contribution in [2.75, 3.05) is 5.32 Å². The third-order valence-electron chi connectivity index (χ3n) is 2.82. The molecule has 19 heavy (non-hydrogen) atoms. The predicted molar refractivity (Wildman–Crippen MR) is 80.0 cm³/mol. The standard InChI is InChI=1S/C17H17NO/c1-13-3-7-15(8-4-13)9-12-17(19)18-16-10-5-14(2)6-11-16/h3-12H,1-2H3,(H,18,19)/b12-9+. The van der Waals surface area contributed by atoms with Gasteiger partial charge in [-0.1, -0.05) is 47.5 Å². The number of hydrogen-bond acceptors (Lipinski definition) is 1. The number of hydrogen-bond donors (Lipinski definition) is 1. The smallest absolute Gasteiger partial charge is 0.248 e. The summed E-state index contributed by atoms with van der Waals surface area (Å²) in [6.45, 7) is 4.06. The van der Waals surface area contributed by atoms with Crippen LogP contribution in [0.1, 0.15) is 16.7 Å². The van der Waals surface area contributed by atoms with Gasteiger partial charge in [-0.15, -0.1) is 0 Å². The van der Waals surface area contributed by atoms with E-state index < -0.39 is 0 Å². The molecule has 2 aromatic carbocycles. The van der Waals surface area contributed by atoms with Gasteiger partial charge in [-0.2, -0.15) is 0 Å². The molecule has 0 saturated heterocycles. The first kappa shape index (κ1) is 13.1. The summed E-state index contributed by atoms with van der Waals surface area (Å²) in [4.78, 5) is 11.7. The fourth-order valence-corrected chi connectivity index (χ4v) is 1.67. The second-order valence-corrected chi connectivity index (χ2v) is 4.60. The molecule has 0 aliphatic heterocycles. The Morgan fingerprint density at radius 3 is 2.00 bits per heavy atom. The van der Waals surface area contributed by atoms with Gasteiger partial charge in [0.2, 0.25) is 5.91 Å². The highest BCUT2D eigenvalue weighted by Gasteiger charge is 1.97. The summed E-state index contributed by atoms with van der Waals surface area (Å²) in [6, 6.07) is 15.8. The first-order chi connectivity index (χ1) is 9.13. The van der Waals surface area contributed by atoms with E-state index >= 15 is 0 Å². The Labute approximate surface area is 113 Å². The Morgan fingerprint density at radius 1 is 0.895 bits per heavy atom. The maximum Gasteiger partial charge on any atom is 0.248 e. The summed E-state index contributed by atoms with van der Waals surface area (Å²) in [5.74, 6) is -0.121. The van der Waals surface area contributed by atoms with Gasteiger partial charge in [0.15, 0.2) is 0 Å². The number of carbonyl (C=O) groups is 1. The lowest BCUT2D eigenvalue weighted by Crippen LogP contribution is -2.07. The molecule has 1 amide bonds. The molecule has 2 heteroatoms. The molecule has 2 aromatic rings. The van der Waals surface area contributed by atoms with Crippen LogP contribution in [0, 0.1) is 13.8 Å². The lowest BCUT2D eigenvalue weighted by Gasteiger charge is -2.02. The van der Waals surface area contributed by atoms with Crippen LogP contribution in [-0.4, -0.2) is 5.91 Å². The molecule has 0 radical (unpaired) electrons. The first-order valence-electron chi connectivity index (χ1n) is 6.26. The van der Waals surface area contributed by atoms with Crippen molar-refractivity contribution in [3.63, 3.8) is 0 Å². The van der Waals surface area contributed by atoms with E-state index in [0.717, 1.165) is 11.3 Å². The molecule has 1 N–H and O–H groups in total. The molecule has 96 valence electrons. The van der Waals surface area contributed by atoms with Crippen LogP contribution >= 0.6 is 0 Å². The lowest BCUT2D eigenvalue weighted by atomic mass is 10.1. The van der Waals surface area contributed by atoms with Gasteiger partial charge >= 0.3 is 0 Å². The third-order valence-corrected chi connectivity index (χ3v) is 2.82. The minimum absolute atomic E-state index is 0.121. The van der Waals surface area contributed by atoms with Crippen LogP contribution in [-0.2, 0) is 4.79 Å². The van der Waals surface area contributed by atoms with Crippen LogP contribution in [0.5, 0.6) is 0 Å². The summed E-state index contributed by atoms with van der Waals surface area (Å²) in [5.41, 5.74) is 4.21. The molecule has 2 nitrogen and oxygen atoms in total. The number of benzene rings is 2. The van der Waals surface area contributed by atoms with E-state index in [-0.39, 0.29) is 5.91 Å². The van der Waals surface area contributed by atoms with Crippen LogP contribution in [0.25, 0.3) is 6.08 Å². The fraction of sp³-hybridized carbons (Fsp3) is 0.118. The molecular formula is C17H17NO. The zero-order valence-corrected chi connectivity index (χ0v) is 11.2. The Bertz CT molecular complexity index is 580. The molecule has 0 fully saturated rings. The Balaban J connectivity index is 1.97. The van der Waals surface area contributed by atoms with Crippen LogP contribution in [0.15, 0.2) is 54.6 Å². The number of rotatable bonds is 3. The van der Waals surface area contributed by atoms with Crippen LogP contribution in [0.2, 0.25) is 0 Å². The molecule has 0 aliphatic rings. The molecule has 0 unspecified atom stereocenters. The van der Waals surface area contributed by atoms with Gasteiger partial charge in [-0.05, 0) is 37.6 Å². The van der Waals surface area contributed by atoms with E-state index in [9.17, 15) is 4.79 Å². The largest absolute Gasteiger partial charge is 0.323 e. The SMILES string of the molecule is Cc1ccc(/C=C/C(=O)Nc2ccc(C)cc2)cc1. The van der Waals surface area contributed by atoms with Crippen molar-refractivity contribution in [1.82, 2.24) is 0 Å². The number of amides is 1. The van der Waals surface area contributed by atoms with Gasteiger partial charge in [0.1, 0.15) is 0 Å². The topological polar surface area (TPSA) is 29.1 Å². The Morgan fingerprint density at radius 2 is 1.42 bits per heavy atom. The monoisotopic (exact) mass is 251 g/mol. The van der Waals surface area contributed by atoms with E-state index in [0.29, 0.717) is 0 Å². The Hall–Kier alpha value is -2.35. The van der Waals surface area contributed by atoms with Gasteiger partial charge < -0.3 is 5.32 Å². The average molecular weight is 251 g/mol. The molecule has 0 saturated carbocycles. The molecule has 2 rings (SSSR count). The maximum atomic E-state index is 11.7. The van der Waals surface area contributed by atoms with Crippen molar-refractivity contribution < 1.29 is 4.79 Å².